The highest BCUT2D eigenvalue weighted by Gasteiger charge is 2.15. The fourth-order valence-electron chi connectivity index (χ4n) is 2.73. The SMILES string of the molecule is O=C(Nc1ccc(-c2csc(N3CCOCC3)n2)cc1)c1ccncc1. The molecule has 4 rings (SSSR count). The van der Waals surface area contributed by atoms with E-state index in [9.17, 15) is 4.79 Å². The lowest BCUT2D eigenvalue weighted by Gasteiger charge is -2.26. The van der Waals surface area contributed by atoms with Gasteiger partial charge in [-0.25, -0.2) is 4.98 Å². The first-order valence-corrected chi connectivity index (χ1v) is 9.27. The Hall–Kier alpha value is -2.77. The van der Waals surface area contributed by atoms with Gasteiger partial charge in [0, 0.05) is 47.7 Å². The predicted octanol–water partition coefficient (Wildman–Crippen LogP) is 3.29. The minimum atomic E-state index is -0.150. The largest absolute Gasteiger partial charge is 0.378 e. The number of hydrogen-bond donors (Lipinski definition) is 1. The molecule has 2 aromatic heterocycles. The fourth-order valence-corrected chi connectivity index (χ4v) is 3.62. The molecule has 132 valence electrons. The molecule has 7 heteroatoms. The molecule has 3 heterocycles. The van der Waals surface area contributed by atoms with Crippen LogP contribution in [0.4, 0.5) is 10.8 Å². The molecule has 0 radical (unpaired) electrons. The quantitative estimate of drug-likeness (QED) is 0.767. The van der Waals surface area contributed by atoms with Crippen LogP contribution in [0.1, 0.15) is 10.4 Å². The average molecular weight is 366 g/mol. The Morgan fingerprint density at radius 1 is 1.08 bits per heavy atom. The van der Waals surface area contributed by atoms with Crippen molar-refractivity contribution in [3.63, 3.8) is 0 Å². The number of nitrogens with zero attached hydrogens (tertiary/aromatic N) is 3. The van der Waals surface area contributed by atoms with Gasteiger partial charge in [0.25, 0.3) is 5.91 Å². The summed E-state index contributed by atoms with van der Waals surface area (Å²) >= 11 is 1.65. The smallest absolute Gasteiger partial charge is 0.255 e. The van der Waals surface area contributed by atoms with Crippen molar-refractivity contribution in [2.24, 2.45) is 0 Å². The zero-order valence-corrected chi connectivity index (χ0v) is 14.9. The van der Waals surface area contributed by atoms with E-state index in [0.717, 1.165) is 48.4 Å². The molecule has 1 aliphatic heterocycles. The lowest BCUT2D eigenvalue weighted by molar-refractivity contribution is 0.102. The first kappa shape index (κ1) is 16.7. The lowest BCUT2D eigenvalue weighted by atomic mass is 10.1. The molecule has 3 aromatic rings. The molecule has 1 saturated heterocycles. The van der Waals surface area contributed by atoms with Crippen LogP contribution in [0.5, 0.6) is 0 Å². The molecule has 1 amide bonds. The Morgan fingerprint density at radius 2 is 1.81 bits per heavy atom. The van der Waals surface area contributed by atoms with Gasteiger partial charge in [-0.05, 0) is 24.3 Å². The van der Waals surface area contributed by atoms with E-state index in [1.165, 1.54) is 0 Å². The molecular weight excluding hydrogens is 348 g/mol. The summed E-state index contributed by atoms with van der Waals surface area (Å²) < 4.78 is 5.39. The van der Waals surface area contributed by atoms with Crippen molar-refractivity contribution < 1.29 is 9.53 Å². The summed E-state index contributed by atoms with van der Waals surface area (Å²) in [6.45, 7) is 3.27. The minimum Gasteiger partial charge on any atom is -0.378 e. The second kappa shape index (κ2) is 7.63. The van der Waals surface area contributed by atoms with Crippen LogP contribution in [0.15, 0.2) is 54.2 Å². The van der Waals surface area contributed by atoms with E-state index in [-0.39, 0.29) is 5.91 Å². The van der Waals surface area contributed by atoms with Crippen LogP contribution in [0, 0.1) is 0 Å². The number of pyridine rings is 1. The van der Waals surface area contributed by atoms with Crippen molar-refractivity contribution in [3.8, 4) is 11.3 Å². The summed E-state index contributed by atoms with van der Waals surface area (Å²) in [5.74, 6) is -0.150. The molecule has 0 spiro atoms. The summed E-state index contributed by atoms with van der Waals surface area (Å²) in [7, 11) is 0. The van der Waals surface area contributed by atoms with Gasteiger partial charge in [0.05, 0.1) is 18.9 Å². The highest BCUT2D eigenvalue weighted by atomic mass is 32.1. The van der Waals surface area contributed by atoms with Gasteiger partial charge in [-0.2, -0.15) is 0 Å². The summed E-state index contributed by atoms with van der Waals surface area (Å²) in [5, 5.41) is 5.98. The molecule has 1 aromatic carbocycles. The normalized spacial score (nSPS) is 14.2. The number of ether oxygens (including phenoxy) is 1. The van der Waals surface area contributed by atoms with Crippen LogP contribution >= 0.6 is 11.3 Å². The van der Waals surface area contributed by atoms with Crippen LogP contribution in [-0.4, -0.2) is 42.2 Å². The summed E-state index contributed by atoms with van der Waals surface area (Å²) in [6, 6.07) is 11.1. The number of rotatable bonds is 4. The van der Waals surface area contributed by atoms with E-state index in [1.807, 2.05) is 24.3 Å². The average Bonchev–Trinajstić information content (AvgIpc) is 3.20. The molecule has 0 bridgehead atoms. The third-order valence-corrected chi connectivity index (χ3v) is 5.06. The van der Waals surface area contributed by atoms with Crippen LogP contribution in [0.2, 0.25) is 0 Å². The van der Waals surface area contributed by atoms with E-state index in [2.05, 4.69) is 20.6 Å². The predicted molar refractivity (Wildman–Crippen MR) is 103 cm³/mol. The summed E-state index contributed by atoms with van der Waals surface area (Å²) in [5.41, 5.74) is 3.31. The third kappa shape index (κ3) is 3.74. The number of carbonyl (C=O) groups is 1. The number of benzene rings is 1. The fraction of sp³-hybridized carbons (Fsp3) is 0.211. The van der Waals surface area contributed by atoms with E-state index in [0.29, 0.717) is 5.56 Å². The van der Waals surface area contributed by atoms with Crippen molar-refractivity contribution in [2.75, 3.05) is 36.5 Å². The third-order valence-electron chi connectivity index (χ3n) is 4.15. The molecule has 0 unspecified atom stereocenters. The topological polar surface area (TPSA) is 67.4 Å². The standard InChI is InChI=1S/C19H18N4O2S/c24-18(15-5-7-20-8-6-15)21-16-3-1-14(2-4-16)17-13-26-19(22-17)23-9-11-25-12-10-23/h1-8,13H,9-12H2,(H,21,24). The highest BCUT2D eigenvalue weighted by molar-refractivity contribution is 7.14. The number of carbonyl (C=O) groups excluding carboxylic acids is 1. The molecule has 1 aliphatic rings. The molecule has 26 heavy (non-hydrogen) atoms. The molecule has 0 atom stereocenters. The van der Waals surface area contributed by atoms with Crippen molar-refractivity contribution in [1.29, 1.82) is 0 Å². The zero-order chi connectivity index (χ0) is 17.8. The van der Waals surface area contributed by atoms with Gasteiger partial charge >= 0.3 is 0 Å². The van der Waals surface area contributed by atoms with E-state index < -0.39 is 0 Å². The summed E-state index contributed by atoms with van der Waals surface area (Å²) in [4.78, 5) is 23.1. The second-order valence-electron chi connectivity index (χ2n) is 5.88. The molecule has 1 N–H and O–H groups in total. The second-order valence-corrected chi connectivity index (χ2v) is 6.72. The Morgan fingerprint density at radius 3 is 2.54 bits per heavy atom. The Labute approximate surface area is 155 Å². The van der Waals surface area contributed by atoms with E-state index in [4.69, 9.17) is 9.72 Å². The Balaban J connectivity index is 1.44. The molecule has 1 fully saturated rings. The Bertz CT molecular complexity index is 874. The van der Waals surface area contributed by atoms with Crippen LogP contribution < -0.4 is 10.2 Å². The number of nitrogens with one attached hydrogen (secondary N) is 1. The summed E-state index contributed by atoms with van der Waals surface area (Å²) in [6.07, 6.45) is 3.21. The minimum absolute atomic E-state index is 0.150. The van der Waals surface area contributed by atoms with Gasteiger partial charge in [0.1, 0.15) is 0 Å². The number of anilines is 2. The van der Waals surface area contributed by atoms with Crippen molar-refractivity contribution in [2.45, 2.75) is 0 Å². The number of hydrogen-bond acceptors (Lipinski definition) is 6. The van der Waals surface area contributed by atoms with Crippen molar-refractivity contribution >= 4 is 28.1 Å². The lowest BCUT2D eigenvalue weighted by Crippen LogP contribution is -2.36. The van der Waals surface area contributed by atoms with E-state index in [1.54, 1.807) is 35.9 Å². The van der Waals surface area contributed by atoms with Gasteiger partial charge in [-0.1, -0.05) is 12.1 Å². The maximum Gasteiger partial charge on any atom is 0.255 e. The van der Waals surface area contributed by atoms with Crippen molar-refractivity contribution in [1.82, 2.24) is 9.97 Å². The van der Waals surface area contributed by atoms with Gasteiger partial charge in [-0.15, -0.1) is 11.3 Å². The van der Waals surface area contributed by atoms with Crippen LogP contribution in [-0.2, 0) is 4.74 Å². The maximum atomic E-state index is 12.2. The monoisotopic (exact) mass is 366 g/mol. The number of amides is 1. The number of aromatic nitrogens is 2. The van der Waals surface area contributed by atoms with Gasteiger partial charge in [0.15, 0.2) is 5.13 Å². The highest BCUT2D eigenvalue weighted by Crippen LogP contribution is 2.28. The first-order chi connectivity index (χ1) is 12.8. The number of morpholine rings is 1. The van der Waals surface area contributed by atoms with Gasteiger partial charge in [0.2, 0.25) is 0 Å². The molecular formula is C19H18N4O2S. The first-order valence-electron chi connectivity index (χ1n) is 8.40. The Kier molecular flexibility index (Phi) is 4.90. The molecule has 0 saturated carbocycles. The van der Waals surface area contributed by atoms with Gasteiger partial charge in [-0.3, -0.25) is 9.78 Å². The van der Waals surface area contributed by atoms with Crippen LogP contribution in [0.3, 0.4) is 0 Å². The molecule has 6 nitrogen and oxygen atoms in total. The number of thiazole rings is 1. The van der Waals surface area contributed by atoms with E-state index >= 15 is 0 Å². The van der Waals surface area contributed by atoms with Crippen LogP contribution in [0.25, 0.3) is 11.3 Å². The van der Waals surface area contributed by atoms with Crippen molar-refractivity contribution in [3.05, 3.63) is 59.7 Å². The maximum absolute atomic E-state index is 12.2. The molecule has 0 aliphatic carbocycles. The zero-order valence-electron chi connectivity index (χ0n) is 14.1. The van der Waals surface area contributed by atoms with Gasteiger partial charge < -0.3 is 15.0 Å².